The molecule has 35 heavy (non-hydrogen) atoms. The molecule has 1 aliphatic carbocycles. The van der Waals surface area contributed by atoms with Crippen LogP contribution < -0.4 is 0 Å². The number of carbonyl (C=O) groups is 3. The quantitative estimate of drug-likeness (QED) is 0.604. The first kappa shape index (κ1) is 26.2. The zero-order chi connectivity index (χ0) is 26.0. The van der Waals surface area contributed by atoms with Gasteiger partial charge >= 0.3 is 18.2 Å². The second-order valence-electron chi connectivity index (χ2n) is 10.8. The highest BCUT2D eigenvalue weighted by atomic mass is 16.6. The molecule has 10 heteroatoms. The molecule has 1 unspecified atom stereocenters. The van der Waals surface area contributed by atoms with E-state index in [0.29, 0.717) is 25.0 Å². The summed E-state index contributed by atoms with van der Waals surface area (Å²) in [6.07, 6.45) is 6.39. The fraction of sp³-hybridized carbons (Fsp3) is 0.560. The number of aromatic nitrogens is 3. The Labute approximate surface area is 205 Å². The summed E-state index contributed by atoms with van der Waals surface area (Å²) < 4.78 is 12.5. The van der Waals surface area contributed by atoms with Crippen LogP contribution in [0, 0.1) is 5.92 Å². The summed E-state index contributed by atoms with van der Waals surface area (Å²) in [5, 5.41) is 10.0. The van der Waals surface area contributed by atoms with E-state index in [4.69, 9.17) is 9.47 Å². The van der Waals surface area contributed by atoms with Crippen LogP contribution in [0.2, 0.25) is 0 Å². The molecule has 1 N–H and O–H groups in total. The molecule has 10 nitrogen and oxygen atoms in total. The van der Waals surface area contributed by atoms with Gasteiger partial charge in [-0.25, -0.2) is 19.5 Å². The highest BCUT2D eigenvalue weighted by molar-refractivity contribution is 5.88. The largest absolute Gasteiger partial charge is 0.481 e. The minimum Gasteiger partial charge on any atom is -0.481 e. The Bertz CT molecular complexity index is 1040. The third-order valence-corrected chi connectivity index (χ3v) is 5.63. The monoisotopic (exact) mass is 486 g/mol. The third kappa shape index (κ3) is 6.37. The number of aliphatic carboxylic acids is 1. The molecular weight excluding hydrogens is 452 g/mol. The van der Waals surface area contributed by atoms with E-state index in [-0.39, 0.29) is 12.5 Å². The van der Waals surface area contributed by atoms with E-state index in [1.807, 2.05) is 6.07 Å². The highest BCUT2D eigenvalue weighted by Crippen LogP contribution is 2.56. The van der Waals surface area contributed by atoms with Crippen molar-refractivity contribution in [3.8, 4) is 5.69 Å². The van der Waals surface area contributed by atoms with Crippen LogP contribution in [0.1, 0.15) is 66.5 Å². The summed E-state index contributed by atoms with van der Waals surface area (Å²) in [4.78, 5) is 47.0. The van der Waals surface area contributed by atoms with Gasteiger partial charge in [0, 0.05) is 18.9 Å². The lowest BCUT2D eigenvalue weighted by Crippen LogP contribution is -2.44. The van der Waals surface area contributed by atoms with Crippen LogP contribution in [0.5, 0.6) is 0 Å². The van der Waals surface area contributed by atoms with Gasteiger partial charge in [-0.15, -0.1) is 0 Å². The first-order valence-corrected chi connectivity index (χ1v) is 11.6. The summed E-state index contributed by atoms with van der Waals surface area (Å²) in [6.45, 7) is 10.4. The van der Waals surface area contributed by atoms with E-state index in [1.165, 1.54) is 0 Å². The molecule has 2 amide bonds. The van der Waals surface area contributed by atoms with Gasteiger partial charge in [-0.1, -0.05) is 0 Å². The van der Waals surface area contributed by atoms with Gasteiger partial charge in [0.25, 0.3) is 0 Å². The predicted octanol–water partition coefficient (Wildman–Crippen LogP) is 4.56. The topological polar surface area (TPSA) is 124 Å². The minimum absolute atomic E-state index is 0.0557. The number of imide groups is 1. The Morgan fingerprint density at radius 2 is 1.77 bits per heavy atom. The molecular formula is C25H34N4O6. The van der Waals surface area contributed by atoms with E-state index in [2.05, 4.69) is 9.97 Å². The highest BCUT2D eigenvalue weighted by Gasteiger charge is 2.62. The Morgan fingerprint density at radius 1 is 1.14 bits per heavy atom. The van der Waals surface area contributed by atoms with Crippen LogP contribution in [0.25, 0.3) is 5.69 Å². The Balaban J connectivity index is 1.68. The molecule has 0 bridgehead atoms. The molecule has 0 aromatic carbocycles. The van der Waals surface area contributed by atoms with Crippen molar-refractivity contribution in [3.63, 3.8) is 0 Å². The van der Waals surface area contributed by atoms with Crippen molar-refractivity contribution in [2.45, 2.75) is 77.4 Å². The maximum atomic E-state index is 12.7. The number of hydrogen-bond acceptors (Lipinski definition) is 7. The van der Waals surface area contributed by atoms with E-state index in [1.54, 1.807) is 77.1 Å². The summed E-state index contributed by atoms with van der Waals surface area (Å²) in [6, 6.07) is 3.65. The van der Waals surface area contributed by atoms with Crippen molar-refractivity contribution in [3.05, 3.63) is 42.7 Å². The molecule has 0 spiro atoms. The van der Waals surface area contributed by atoms with E-state index in [0.717, 1.165) is 10.6 Å². The van der Waals surface area contributed by atoms with Crippen LogP contribution in [0.3, 0.4) is 0 Å². The number of amides is 2. The van der Waals surface area contributed by atoms with Crippen LogP contribution in [-0.4, -0.2) is 60.4 Å². The average Bonchev–Trinajstić information content (AvgIpc) is 3.25. The molecule has 2 atom stereocenters. The fourth-order valence-electron chi connectivity index (χ4n) is 3.95. The van der Waals surface area contributed by atoms with E-state index in [9.17, 15) is 19.5 Å². The summed E-state index contributed by atoms with van der Waals surface area (Å²) in [7, 11) is 0. The predicted molar refractivity (Wildman–Crippen MR) is 127 cm³/mol. The van der Waals surface area contributed by atoms with Gasteiger partial charge < -0.3 is 19.1 Å². The van der Waals surface area contributed by atoms with Crippen LogP contribution >= 0.6 is 0 Å². The zero-order valence-corrected chi connectivity index (χ0v) is 21.1. The zero-order valence-electron chi connectivity index (χ0n) is 21.1. The molecule has 3 rings (SSSR count). The normalized spacial score (nSPS) is 19.7. The summed E-state index contributed by atoms with van der Waals surface area (Å²) >= 11 is 0. The van der Waals surface area contributed by atoms with Gasteiger partial charge in [-0.2, -0.15) is 0 Å². The maximum absolute atomic E-state index is 12.7. The third-order valence-electron chi connectivity index (χ3n) is 5.63. The maximum Gasteiger partial charge on any atom is 0.419 e. The number of ether oxygens (including phenoxy) is 2. The van der Waals surface area contributed by atoms with Gasteiger partial charge in [-0.3, -0.25) is 9.78 Å². The number of nitrogens with zero attached hydrogens (tertiary/aromatic N) is 4. The smallest absolute Gasteiger partial charge is 0.419 e. The SMILES string of the molecule is CC(C)(C)OC(=O)N(CCC[C@H]1CC1(C(=O)O)c1cn(-c2cccnc2)cn1)C(=O)OC(C)(C)C. The lowest BCUT2D eigenvalue weighted by atomic mass is 9.97. The first-order valence-electron chi connectivity index (χ1n) is 11.6. The molecule has 1 saturated carbocycles. The average molecular weight is 487 g/mol. The lowest BCUT2D eigenvalue weighted by Gasteiger charge is -2.28. The number of carboxylic acids is 1. The van der Waals surface area contributed by atoms with Gasteiger partial charge in [0.2, 0.25) is 0 Å². The molecule has 1 fully saturated rings. The van der Waals surface area contributed by atoms with Gasteiger partial charge in [0.05, 0.1) is 23.9 Å². The molecule has 190 valence electrons. The van der Waals surface area contributed by atoms with Gasteiger partial charge in [0.1, 0.15) is 16.6 Å². The Hall–Kier alpha value is -3.43. The number of hydrogen-bond donors (Lipinski definition) is 1. The van der Waals surface area contributed by atoms with Gasteiger partial charge in [0.15, 0.2) is 0 Å². The van der Waals surface area contributed by atoms with Crippen molar-refractivity contribution in [2.75, 3.05) is 6.54 Å². The number of carbonyl (C=O) groups excluding carboxylic acids is 2. The van der Waals surface area contributed by atoms with Crippen LogP contribution in [-0.2, 0) is 19.7 Å². The molecule has 0 saturated heterocycles. The summed E-state index contributed by atoms with van der Waals surface area (Å²) in [5.74, 6) is -1.11. The van der Waals surface area contributed by atoms with E-state index < -0.39 is 34.8 Å². The fourth-order valence-corrected chi connectivity index (χ4v) is 3.95. The molecule has 1 aliphatic rings. The second-order valence-corrected chi connectivity index (χ2v) is 10.8. The molecule has 0 radical (unpaired) electrons. The molecule has 2 aromatic heterocycles. The van der Waals surface area contributed by atoms with Crippen LogP contribution in [0.4, 0.5) is 9.59 Å². The molecule has 0 aliphatic heterocycles. The van der Waals surface area contributed by atoms with Crippen molar-refractivity contribution >= 4 is 18.2 Å². The molecule has 2 heterocycles. The summed E-state index contributed by atoms with van der Waals surface area (Å²) in [5.41, 5.74) is -1.38. The number of carboxylic acid groups (broad SMARTS) is 1. The van der Waals surface area contributed by atoms with Gasteiger partial charge in [-0.05, 0) is 78.9 Å². The minimum atomic E-state index is -1.09. The number of imidazole rings is 1. The Kier molecular flexibility index (Phi) is 7.23. The Morgan fingerprint density at radius 3 is 2.29 bits per heavy atom. The standard InChI is InChI=1S/C25H34N4O6/c1-23(2,3)34-21(32)29(22(33)35-24(4,5)6)12-8-9-17-13-25(17,20(30)31)19-15-28(16-27-19)18-10-7-11-26-14-18/h7,10-11,14-17H,8-9,12-13H2,1-6H3,(H,30,31)/t17-,25?/m0/s1. The van der Waals surface area contributed by atoms with Crippen molar-refractivity contribution in [1.29, 1.82) is 0 Å². The first-order chi connectivity index (χ1) is 16.2. The van der Waals surface area contributed by atoms with Crippen molar-refractivity contribution in [1.82, 2.24) is 19.4 Å². The molecule has 2 aromatic rings. The van der Waals surface area contributed by atoms with Crippen molar-refractivity contribution < 1.29 is 29.0 Å². The van der Waals surface area contributed by atoms with E-state index >= 15 is 0 Å². The number of pyridine rings is 1. The number of rotatable bonds is 7. The van der Waals surface area contributed by atoms with Crippen LogP contribution in [0.15, 0.2) is 37.1 Å². The van der Waals surface area contributed by atoms with Crippen molar-refractivity contribution in [2.24, 2.45) is 5.92 Å². The lowest BCUT2D eigenvalue weighted by molar-refractivity contribution is -0.140. The second kappa shape index (κ2) is 9.67.